The number of benzene rings is 2. The number of hydrogen-bond donors (Lipinski definition) is 5. The molecule has 39 heavy (non-hydrogen) atoms. The normalized spacial score (nSPS) is 23.2. The Morgan fingerprint density at radius 1 is 1.10 bits per heavy atom. The lowest BCUT2D eigenvalue weighted by Crippen LogP contribution is -2.60. The fourth-order valence-electron chi connectivity index (χ4n) is 4.20. The first-order chi connectivity index (χ1) is 18.8. The molecule has 1 fully saturated rings. The third kappa shape index (κ3) is 5.02. The van der Waals surface area contributed by atoms with Gasteiger partial charge in [-0.05, 0) is 61.0 Å². The van der Waals surface area contributed by atoms with Gasteiger partial charge >= 0.3 is 0 Å². The minimum absolute atomic E-state index is 0.0937. The van der Waals surface area contributed by atoms with Crippen LogP contribution in [0.15, 0.2) is 60.0 Å². The van der Waals surface area contributed by atoms with Gasteiger partial charge in [0, 0.05) is 0 Å². The van der Waals surface area contributed by atoms with Gasteiger partial charge in [-0.25, -0.2) is 14.3 Å². The van der Waals surface area contributed by atoms with Crippen molar-refractivity contribution in [1.29, 1.82) is 10.7 Å². The van der Waals surface area contributed by atoms with E-state index >= 15 is 0 Å². The zero-order valence-electron chi connectivity index (χ0n) is 20.7. The molecule has 4 aromatic rings. The molecule has 1 aliphatic rings. The van der Waals surface area contributed by atoms with Crippen molar-refractivity contribution in [3.05, 3.63) is 77.2 Å². The van der Waals surface area contributed by atoms with E-state index in [9.17, 15) is 20.4 Å². The number of aryl methyl sites for hydroxylation is 1. The zero-order valence-corrected chi connectivity index (χ0v) is 20.7. The lowest BCUT2D eigenvalue weighted by molar-refractivity contribution is -0.277. The number of rotatable bonds is 6. The van der Waals surface area contributed by atoms with Crippen LogP contribution in [0.1, 0.15) is 16.8 Å². The Morgan fingerprint density at radius 2 is 1.82 bits per heavy atom. The second-order valence-corrected chi connectivity index (χ2v) is 8.92. The number of hydrogen-bond acceptors (Lipinski definition) is 11. The van der Waals surface area contributed by atoms with Crippen molar-refractivity contribution in [2.24, 2.45) is 5.10 Å². The molecule has 0 saturated carbocycles. The standard InChI is InChI=1S/C26H25N7O6/c1-14-20-24(28)32(13-29-25(20)33(31-14)17-6-2-15(10-27)3-7-17)30-11-16-4-8-18(9-5-16)38-26-23(37)22(36)21(35)19(12-34)39-26/h2-9,11,13,19,21-23,26,28,34-37H,12H2,1H3. The molecule has 5 unspecified atom stereocenters. The fourth-order valence-corrected chi connectivity index (χ4v) is 4.20. The van der Waals surface area contributed by atoms with E-state index in [0.717, 1.165) is 0 Å². The van der Waals surface area contributed by atoms with Crippen LogP contribution in [0.25, 0.3) is 16.7 Å². The van der Waals surface area contributed by atoms with Crippen molar-refractivity contribution in [1.82, 2.24) is 19.4 Å². The predicted octanol–water partition coefficient (Wildman–Crippen LogP) is -0.0575. The molecule has 3 heterocycles. The molecule has 2 aromatic heterocycles. The van der Waals surface area contributed by atoms with Gasteiger partial charge in [0.15, 0.2) is 11.1 Å². The van der Waals surface area contributed by atoms with Gasteiger partial charge in [0.05, 0.1) is 41.2 Å². The number of aromatic nitrogens is 4. The Bertz CT molecular complexity index is 1610. The van der Waals surface area contributed by atoms with E-state index in [-0.39, 0.29) is 5.49 Å². The average Bonchev–Trinajstić information content (AvgIpc) is 3.30. The summed E-state index contributed by atoms with van der Waals surface area (Å²) < 4.78 is 13.9. The van der Waals surface area contributed by atoms with Crippen molar-refractivity contribution >= 4 is 17.2 Å². The Labute approximate surface area is 221 Å². The van der Waals surface area contributed by atoms with Crippen LogP contribution in [0.5, 0.6) is 5.75 Å². The number of nitrogens with one attached hydrogen (secondary N) is 1. The first-order valence-electron chi connectivity index (χ1n) is 11.9. The van der Waals surface area contributed by atoms with Crippen LogP contribution < -0.4 is 10.2 Å². The summed E-state index contributed by atoms with van der Waals surface area (Å²) in [6.45, 7) is 1.23. The molecule has 0 amide bonds. The van der Waals surface area contributed by atoms with E-state index in [1.54, 1.807) is 60.1 Å². The molecule has 200 valence electrons. The zero-order chi connectivity index (χ0) is 27.7. The monoisotopic (exact) mass is 531 g/mol. The number of ether oxygens (including phenoxy) is 2. The van der Waals surface area contributed by atoms with Crippen molar-refractivity contribution in [3.8, 4) is 17.5 Å². The highest BCUT2D eigenvalue weighted by molar-refractivity contribution is 5.80. The van der Waals surface area contributed by atoms with E-state index in [2.05, 4.69) is 21.3 Å². The molecule has 1 aliphatic heterocycles. The van der Waals surface area contributed by atoms with E-state index in [0.29, 0.717) is 39.3 Å². The first kappa shape index (κ1) is 26.2. The summed E-state index contributed by atoms with van der Waals surface area (Å²) in [7, 11) is 0. The highest BCUT2D eigenvalue weighted by Gasteiger charge is 2.44. The topological polar surface area (TPSA) is 195 Å². The van der Waals surface area contributed by atoms with Crippen LogP contribution in [0.4, 0.5) is 0 Å². The summed E-state index contributed by atoms with van der Waals surface area (Å²) in [4.78, 5) is 4.46. The maximum atomic E-state index is 10.1. The molecule has 5 N–H and O–H groups in total. The smallest absolute Gasteiger partial charge is 0.229 e. The quantitative estimate of drug-likeness (QED) is 0.212. The van der Waals surface area contributed by atoms with E-state index in [1.165, 1.54) is 17.2 Å². The third-order valence-corrected chi connectivity index (χ3v) is 6.34. The number of fused-ring (bicyclic) bond motifs is 1. The van der Waals surface area contributed by atoms with E-state index < -0.39 is 37.3 Å². The fraction of sp³-hybridized carbons (Fsp3) is 0.269. The molecular formula is C26H25N7O6. The Balaban J connectivity index is 1.33. The van der Waals surface area contributed by atoms with Crippen LogP contribution in [-0.2, 0) is 4.74 Å². The highest BCUT2D eigenvalue weighted by Crippen LogP contribution is 2.24. The van der Waals surface area contributed by atoms with E-state index in [1.807, 2.05) is 0 Å². The van der Waals surface area contributed by atoms with Gasteiger partial charge in [-0.15, -0.1) is 0 Å². The molecule has 0 radical (unpaired) electrons. The summed E-state index contributed by atoms with van der Waals surface area (Å²) >= 11 is 0. The highest BCUT2D eigenvalue weighted by atomic mass is 16.7. The van der Waals surface area contributed by atoms with Crippen molar-refractivity contribution < 1.29 is 29.9 Å². The number of nitriles is 1. The molecule has 0 aliphatic carbocycles. The number of nitrogens with zero attached hydrogens (tertiary/aromatic N) is 6. The van der Waals surface area contributed by atoms with Crippen molar-refractivity contribution in [3.63, 3.8) is 0 Å². The summed E-state index contributed by atoms with van der Waals surface area (Å²) in [5.74, 6) is 0.319. The van der Waals surface area contributed by atoms with Crippen LogP contribution >= 0.6 is 0 Å². The van der Waals surface area contributed by atoms with Gasteiger partial charge in [-0.2, -0.15) is 15.5 Å². The largest absolute Gasteiger partial charge is 0.462 e. The second kappa shape index (κ2) is 10.7. The molecule has 0 spiro atoms. The summed E-state index contributed by atoms with van der Waals surface area (Å²) in [6, 6.07) is 15.6. The molecule has 2 aromatic carbocycles. The third-order valence-electron chi connectivity index (χ3n) is 6.34. The van der Waals surface area contributed by atoms with Gasteiger partial charge in [0.2, 0.25) is 6.29 Å². The van der Waals surface area contributed by atoms with Crippen LogP contribution in [0.2, 0.25) is 0 Å². The maximum Gasteiger partial charge on any atom is 0.229 e. The molecular weight excluding hydrogens is 506 g/mol. The summed E-state index contributed by atoms with van der Waals surface area (Å²) in [5, 5.41) is 66.4. The first-order valence-corrected chi connectivity index (χ1v) is 11.9. The SMILES string of the molecule is Cc1nn(-c2ccc(C#N)cc2)c2ncn(N=Cc3ccc(OC4OC(CO)C(O)C(O)C4O)cc3)c(=N)c12. The second-order valence-electron chi connectivity index (χ2n) is 8.92. The number of aliphatic hydroxyl groups is 4. The molecule has 5 atom stereocenters. The van der Waals surface area contributed by atoms with Crippen molar-refractivity contribution in [2.75, 3.05) is 6.61 Å². The van der Waals surface area contributed by atoms with Gasteiger partial charge in [0.1, 0.15) is 36.5 Å². The molecule has 1 saturated heterocycles. The minimum atomic E-state index is -1.53. The lowest BCUT2D eigenvalue weighted by Gasteiger charge is -2.39. The van der Waals surface area contributed by atoms with Crippen molar-refractivity contribution in [2.45, 2.75) is 37.6 Å². The molecule has 13 nitrogen and oxygen atoms in total. The van der Waals surface area contributed by atoms with Crippen LogP contribution in [0, 0.1) is 23.7 Å². The Hall–Kier alpha value is -4.45. The average molecular weight is 532 g/mol. The van der Waals surface area contributed by atoms with Gasteiger partial charge in [0.25, 0.3) is 0 Å². The Morgan fingerprint density at radius 3 is 2.49 bits per heavy atom. The molecule has 0 bridgehead atoms. The van der Waals surface area contributed by atoms with Crippen LogP contribution in [0.3, 0.4) is 0 Å². The summed E-state index contributed by atoms with van der Waals surface area (Å²) in [6.07, 6.45) is -3.92. The Kier molecular flexibility index (Phi) is 7.20. The van der Waals surface area contributed by atoms with Gasteiger partial charge in [-0.3, -0.25) is 5.41 Å². The summed E-state index contributed by atoms with van der Waals surface area (Å²) in [5.41, 5.74) is 3.10. The maximum absolute atomic E-state index is 10.1. The molecule has 5 rings (SSSR count). The van der Waals surface area contributed by atoms with Gasteiger partial charge in [-0.1, -0.05) is 0 Å². The van der Waals surface area contributed by atoms with Gasteiger partial charge < -0.3 is 29.9 Å². The van der Waals surface area contributed by atoms with E-state index in [4.69, 9.17) is 20.1 Å². The molecule has 13 heteroatoms. The predicted molar refractivity (Wildman–Crippen MR) is 136 cm³/mol. The van der Waals surface area contributed by atoms with Crippen LogP contribution in [-0.4, -0.2) is 83.4 Å². The lowest BCUT2D eigenvalue weighted by atomic mass is 9.99. The minimum Gasteiger partial charge on any atom is -0.462 e. The number of aliphatic hydroxyl groups excluding tert-OH is 4.